The Balaban J connectivity index is 1.77. The maximum absolute atomic E-state index is 12.4. The monoisotopic (exact) mass is 489 g/mol. The Labute approximate surface area is 205 Å². The minimum Gasteiger partial charge on any atom is -0.476 e. The van der Waals surface area contributed by atoms with Crippen molar-refractivity contribution in [2.75, 3.05) is 13.2 Å². The van der Waals surface area contributed by atoms with Crippen LogP contribution in [0.4, 0.5) is 0 Å². The largest absolute Gasteiger partial charge is 0.476 e. The molecule has 0 saturated heterocycles. The molecule has 2 aromatic carbocycles. The Morgan fingerprint density at radius 2 is 1.53 bits per heavy atom. The molecule has 184 valence electrons. The number of benzene rings is 2. The van der Waals surface area contributed by atoms with Crippen LogP contribution >= 0.6 is 11.6 Å². The number of esters is 2. The van der Waals surface area contributed by atoms with Crippen molar-refractivity contribution >= 4 is 29.4 Å². The molecule has 8 heteroatoms. The first-order valence-electron chi connectivity index (χ1n) is 11.1. The van der Waals surface area contributed by atoms with E-state index in [-0.39, 0.29) is 18.9 Å². The molecular weight excluding hydrogens is 458 g/mol. The van der Waals surface area contributed by atoms with Gasteiger partial charge < -0.3 is 19.5 Å². The fourth-order valence-corrected chi connectivity index (χ4v) is 3.00. The summed E-state index contributed by atoms with van der Waals surface area (Å²) >= 11 is 5.84. The SMILES string of the molecule is CC(C)(C)OC(=O)CCOC(=O)C(C)(C)Oc1ccc(CCNC(=O)c2ccc(Cl)cc2)cc1. The molecule has 0 aliphatic rings. The molecule has 34 heavy (non-hydrogen) atoms. The van der Waals surface area contributed by atoms with Crippen molar-refractivity contribution in [3.63, 3.8) is 0 Å². The standard InChI is InChI=1S/C26H32ClNO6/c1-25(2,3)34-22(29)15-17-32-24(31)26(4,5)33-21-12-6-18(7-13-21)14-16-28-23(30)19-8-10-20(27)11-9-19/h6-13H,14-17H2,1-5H3,(H,28,30). The number of amides is 1. The van der Waals surface area contributed by atoms with Crippen LogP contribution in [0.25, 0.3) is 0 Å². The molecule has 2 rings (SSSR count). The van der Waals surface area contributed by atoms with Gasteiger partial charge in [0.25, 0.3) is 5.91 Å². The Morgan fingerprint density at radius 3 is 2.12 bits per heavy atom. The Bertz CT molecular complexity index is 978. The minimum absolute atomic E-state index is 0.0255. The second-order valence-electron chi connectivity index (χ2n) is 9.24. The highest BCUT2D eigenvalue weighted by Gasteiger charge is 2.32. The van der Waals surface area contributed by atoms with E-state index >= 15 is 0 Å². The predicted octanol–water partition coefficient (Wildman–Crippen LogP) is 4.74. The lowest BCUT2D eigenvalue weighted by Crippen LogP contribution is -2.40. The van der Waals surface area contributed by atoms with Crippen molar-refractivity contribution in [3.05, 3.63) is 64.7 Å². The van der Waals surface area contributed by atoms with E-state index in [1.54, 1.807) is 71.0 Å². The molecule has 1 N–H and O–H groups in total. The molecule has 0 aliphatic carbocycles. The van der Waals surface area contributed by atoms with Crippen LogP contribution in [-0.4, -0.2) is 42.2 Å². The fraction of sp³-hybridized carbons (Fsp3) is 0.423. The zero-order chi connectivity index (χ0) is 25.4. The van der Waals surface area contributed by atoms with Gasteiger partial charge in [0, 0.05) is 17.1 Å². The lowest BCUT2D eigenvalue weighted by atomic mass is 10.1. The third kappa shape index (κ3) is 9.43. The van der Waals surface area contributed by atoms with Gasteiger partial charge in [0.05, 0.1) is 6.42 Å². The highest BCUT2D eigenvalue weighted by molar-refractivity contribution is 6.30. The number of rotatable bonds is 10. The van der Waals surface area contributed by atoms with Crippen LogP contribution in [0, 0.1) is 0 Å². The van der Waals surface area contributed by atoms with Gasteiger partial charge >= 0.3 is 11.9 Å². The topological polar surface area (TPSA) is 90.9 Å². The number of hydrogen-bond acceptors (Lipinski definition) is 6. The van der Waals surface area contributed by atoms with Crippen LogP contribution in [0.1, 0.15) is 57.0 Å². The summed E-state index contributed by atoms with van der Waals surface area (Å²) in [5, 5.41) is 3.45. The smallest absolute Gasteiger partial charge is 0.349 e. The average Bonchev–Trinajstić information content (AvgIpc) is 2.73. The van der Waals surface area contributed by atoms with Gasteiger partial charge in [-0.2, -0.15) is 0 Å². The van der Waals surface area contributed by atoms with Crippen molar-refractivity contribution in [3.8, 4) is 5.75 Å². The van der Waals surface area contributed by atoms with Crippen molar-refractivity contribution in [1.82, 2.24) is 5.32 Å². The first-order valence-corrected chi connectivity index (χ1v) is 11.4. The van der Waals surface area contributed by atoms with Gasteiger partial charge in [-0.3, -0.25) is 9.59 Å². The summed E-state index contributed by atoms with van der Waals surface area (Å²) in [7, 11) is 0. The first kappa shape index (κ1) is 27.2. The van der Waals surface area contributed by atoms with Gasteiger partial charge in [-0.25, -0.2) is 4.79 Å². The molecule has 0 spiro atoms. The molecule has 0 aromatic heterocycles. The number of hydrogen-bond donors (Lipinski definition) is 1. The van der Waals surface area contributed by atoms with E-state index in [4.69, 9.17) is 25.8 Å². The molecule has 2 aromatic rings. The summed E-state index contributed by atoms with van der Waals surface area (Å²) in [6.45, 7) is 8.91. The van der Waals surface area contributed by atoms with E-state index in [1.807, 2.05) is 12.1 Å². The van der Waals surface area contributed by atoms with Crippen molar-refractivity contribution < 1.29 is 28.6 Å². The first-order chi connectivity index (χ1) is 15.9. The fourth-order valence-electron chi connectivity index (χ4n) is 2.88. The summed E-state index contributed by atoms with van der Waals surface area (Å²) in [6, 6.07) is 13.9. The molecule has 0 radical (unpaired) electrons. The lowest BCUT2D eigenvalue weighted by Gasteiger charge is -2.24. The Morgan fingerprint density at radius 1 is 0.912 bits per heavy atom. The molecule has 0 atom stereocenters. The highest BCUT2D eigenvalue weighted by Crippen LogP contribution is 2.21. The zero-order valence-electron chi connectivity index (χ0n) is 20.3. The van der Waals surface area contributed by atoms with E-state index in [9.17, 15) is 14.4 Å². The Kier molecular flexibility index (Phi) is 9.50. The van der Waals surface area contributed by atoms with E-state index < -0.39 is 23.1 Å². The third-order valence-corrected chi connectivity index (χ3v) is 4.80. The van der Waals surface area contributed by atoms with Gasteiger partial charge in [-0.05, 0) is 83.0 Å². The van der Waals surface area contributed by atoms with E-state index in [0.717, 1.165) is 5.56 Å². The molecule has 1 amide bonds. The third-order valence-electron chi connectivity index (χ3n) is 4.55. The maximum atomic E-state index is 12.4. The van der Waals surface area contributed by atoms with E-state index in [0.29, 0.717) is 29.3 Å². The molecule has 0 saturated carbocycles. The van der Waals surface area contributed by atoms with E-state index in [2.05, 4.69) is 5.32 Å². The van der Waals surface area contributed by atoms with Gasteiger partial charge in [-0.1, -0.05) is 23.7 Å². The van der Waals surface area contributed by atoms with Gasteiger partial charge in [-0.15, -0.1) is 0 Å². The molecule has 0 unspecified atom stereocenters. The van der Waals surface area contributed by atoms with Crippen molar-refractivity contribution in [1.29, 1.82) is 0 Å². The van der Waals surface area contributed by atoms with E-state index in [1.165, 1.54) is 0 Å². The number of carbonyl (C=O) groups is 3. The number of carbonyl (C=O) groups excluding carboxylic acids is 3. The number of nitrogens with one attached hydrogen (secondary N) is 1. The number of halogens is 1. The van der Waals surface area contributed by atoms with Crippen LogP contribution in [0.15, 0.2) is 48.5 Å². The summed E-state index contributed by atoms with van der Waals surface area (Å²) in [4.78, 5) is 36.3. The van der Waals surface area contributed by atoms with Crippen LogP contribution in [-0.2, 0) is 25.5 Å². The summed E-state index contributed by atoms with van der Waals surface area (Å²) in [6.07, 6.45) is 0.609. The Hall–Kier alpha value is -3.06. The summed E-state index contributed by atoms with van der Waals surface area (Å²) < 4.78 is 16.2. The average molecular weight is 490 g/mol. The molecule has 0 fully saturated rings. The quantitative estimate of drug-likeness (QED) is 0.484. The summed E-state index contributed by atoms with van der Waals surface area (Å²) in [5.74, 6) is -0.671. The van der Waals surface area contributed by atoms with Gasteiger partial charge in [0.1, 0.15) is 18.0 Å². The maximum Gasteiger partial charge on any atom is 0.349 e. The lowest BCUT2D eigenvalue weighted by molar-refractivity contribution is -0.163. The zero-order valence-corrected chi connectivity index (χ0v) is 21.0. The normalized spacial score (nSPS) is 11.5. The molecular formula is C26H32ClNO6. The second kappa shape index (κ2) is 11.9. The second-order valence-corrected chi connectivity index (χ2v) is 9.68. The van der Waals surface area contributed by atoms with Crippen molar-refractivity contribution in [2.45, 2.75) is 58.7 Å². The molecule has 0 heterocycles. The van der Waals surface area contributed by atoms with Crippen LogP contribution in [0.2, 0.25) is 5.02 Å². The molecule has 0 aliphatic heterocycles. The summed E-state index contributed by atoms with van der Waals surface area (Å²) in [5.41, 5.74) is -0.269. The molecule has 0 bridgehead atoms. The van der Waals surface area contributed by atoms with Crippen LogP contribution < -0.4 is 10.1 Å². The van der Waals surface area contributed by atoms with Crippen LogP contribution in [0.5, 0.6) is 5.75 Å². The van der Waals surface area contributed by atoms with Crippen molar-refractivity contribution in [2.24, 2.45) is 0 Å². The van der Waals surface area contributed by atoms with Crippen LogP contribution in [0.3, 0.4) is 0 Å². The number of ether oxygens (including phenoxy) is 3. The van der Waals surface area contributed by atoms with Gasteiger partial charge in [0.2, 0.25) is 0 Å². The highest BCUT2D eigenvalue weighted by atomic mass is 35.5. The minimum atomic E-state index is -1.23. The molecule has 7 nitrogen and oxygen atoms in total. The van der Waals surface area contributed by atoms with Gasteiger partial charge in [0.15, 0.2) is 5.60 Å². The predicted molar refractivity (Wildman–Crippen MR) is 130 cm³/mol.